The van der Waals surface area contributed by atoms with Crippen molar-refractivity contribution in [1.29, 1.82) is 0 Å². The zero-order valence-electron chi connectivity index (χ0n) is 13.5. The molecule has 0 radical (unpaired) electrons. The van der Waals surface area contributed by atoms with Crippen molar-refractivity contribution >= 4 is 0 Å². The smallest absolute Gasteiger partial charge is 0.0842 e. The van der Waals surface area contributed by atoms with Crippen molar-refractivity contribution in [2.45, 2.75) is 65.3 Å². The molecule has 20 heavy (non-hydrogen) atoms. The zero-order valence-corrected chi connectivity index (χ0v) is 13.5. The van der Waals surface area contributed by atoms with Crippen LogP contribution >= 0.6 is 0 Å². The summed E-state index contributed by atoms with van der Waals surface area (Å²) >= 11 is 0. The van der Waals surface area contributed by atoms with Crippen LogP contribution in [0.1, 0.15) is 58.6 Å². The minimum absolute atomic E-state index is 0.460. The zero-order chi connectivity index (χ0) is 14.6. The van der Waals surface area contributed by atoms with Gasteiger partial charge in [0, 0.05) is 25.7 Å². The summed E-state index contributed by atoms with van der Waals surface area (Å²) in [7, 11) is 1.94. The average Bonchev–Trinajstić information content (AvgIpc) is 2.98. The highest BCUT2D eigenvalue weighted by molar-refractivity contribution is 5.03. The van der Waals surface area contributed by atoms with Gasteiger partial charge in [0.15, 0.2) is 0 Å². The molecule has 114 valence electrons. The van der Waals surface area contributed by atoms with Gasteiger partial charge in [-0.05, 0) is 37.1 Å². The Morgan fingerprint density at radius 1 is 1.35 bits per heavy atom. The van der Waals surface area contributed by atoms with E-state index in [2.05, 4.69) is 42.6 Å². The third-order valence-electron chi connectivity index (χ3n) is 4.67. The van der Waals surface area contributed by atoms with Gasteiger partial charge in [0.05, 0.1) is 5.69 Å². The number of likely N-dealkylation sites (N-methyl/N-ethyl adjacent to an activating group) is 1. The lowest BCUT2D eigenvalue weighted by Crippen LogP contribution is -2.46. The summed E-state index contributed by atoms with van der Waals surface area (Å²) in [6.45, 7) is 7.95. The number of hydrogen-bond donors (Lipinski definition) is 1. The van der Waals surface area contributed by atoms with Crippen LogP contribution in [0.15, 0.2) is 6.20 Å². The number of aromatic nitrogens is 3. The fraction of sp³-hybridized carbons (Fsp3) is 0.875. The Kier molecular flexibility index (Phi) is 5.19. The molecule has 1 aliphatic carbocycles. The monoisotopic (exact) mass is 278 g/mol. The summed E-state index contributed by atoms with van der Waals surface area (Å²) in [6.07, 6.45) is 9.89. The second-order valence-corrected chi connectivity index (χ2v) is 6.87. The molecule has 0 spiro atoms. The van der Waals surface area contributed by atoms with E-state index in [0.717, 1.165) is 24.6 Å². The van der Waals surface area contributed by atoms with Crippen LogP contribution in [0.4, 0.5) is 0 Å². The molecule has 0 amide bonds. The fourth-order valence-corrected chi connectivity index (χ4v) is 4.04. The molecule has 0 bridgehead atoms. The lowest BCUT2D eigenvalue weighted by molar-refractivity contribution is 0.154. The van der Waals surface area contributed by atoms with E-state index in [4.69, 9.17) is 0 Å². The third kappa shape index (κ3) is 3.60. The largest absolute Gasteiger partial charge is 0.313 e. The van der Waals surface area contributed by atoms with Crippen LogP contribution in [-0.2, 0) is 13.5 Å². The fourth-order valence-electron chi connectivity index (χ4n) is 4.04. The first-order valence-electron chi connectivity index (χ1n) is 8.14. The Bertz CT molecular complexity index is 404. The van der Waals surface area contributed by atoms with E-state index in [1.165, 1.54) is 32.1 Å². The van der Waals surface area contributed by atoms with Crippen LogP contribution in [0.2, 0.25) is 0 Å². The van der Waals surface area contributed by atoms with Crippen molar-refractivity contribution < 1.29 is 0 Å². The minimum Gasteiger partial charge on any atom is -0.313 e. The Morgan fingerprint density at radius 3 is 2.55 bits per heavy atom. The van der Waals surface area contributed by atoms with E-state index in [1.807, 2.05) is 11.7 Å². The molecule has 1 aromatic rings. The summed E-state index contributed by atoms with van der Waals surface area (Å²) in [5.74, 6) is 0.760. The molecule has 1 fully saturated rings. The summed E-state index contributed by atoms with van der Waals surface area (Å²) < 4.78 is 1.81. The maximum atomic E-state index is 4.29. The third-order valence-corrected chi connectivity index (χ3v) is 4.67. The molecule has 4 nitrogen and oxygen atoms in total. The van der Waals surface area contributed by atoms with E-state index >= 15 is 0 Å². The van der Waals surface area contributed by atoms with Crippen LogP contribution in [0.3, 0.4) is 0 Å². The molecule has 1 saturated carbocycles. The second-order valence-electron chi connectivity index (χ2n) is 6.87. The lowest BCUT2D eigenvalue weighted by Gasteiger charge is -2.39. The van der Waals surface area contributed by atoms with Gasteiger partial charge in [-0.1, -0.05) is 38.8 Å². The Hall–Kier alpha value is -0.900. The van der Waals surface area contributed by atoms with Crippen molar-refractivity contribution in [2.75, 3.05) is 6.54 Å². The van der Waals surface area contributed by atoms with Crippen LogP contribution in [-0.4, -0.2) is 27.6 Å². The lowest BCUT2D eigenvalue weighted by atomic mass is 9.71. The van der Waals surface area contributed by atoms with Gasteiger partial charge in [-0.25, -0.2) is 0 Å². The minimum atomic E-state index is 0.460. The molecule has 0 saturated heterocycles. The Balaban J connectivity index is 2.15. The van der Waals surface area contributed by atoms with E-state index in [0.29, 0.717) is 11.5 Å². The predicted octanol–water partition coefficient (Wildman–Crippen LogP) is 2.94. The maximum Gasteiger partial charge on any atom is 0.0842 e. The first kappa shape index (κ1) is 15.5. The topological polar surface area (TPSA) is 42.7 Å². The molecule has 1 aliphatic rings. The predicted molar refractivity (Wildman–Crippen MR) is 82.5 cm³/mol. The molecule has 1 unspecified atom stereocenters. The van der Waals surface area contributed by atoms with Crippen molar-refractivity contribution in [3.05, 3.63) is 11.9 Å². The van der Waals surface area contributed by atoms with E-state index in [-0.39, 0.29) is 0 Å². The first-order valence-corrected chi connectivity index (χ1v) is 8.14. The molecule has 4 heteroatoms. The van der Waals surface area contributed by atoms with Crippen LogP contribution in [0.5, 0.6) is 0 Å². The normalized spacial score (nSPS) is 19.6. The van der Waals surface area contributed by atoms with Crippen LogP contribution < -0.4 is 5.32 Å². The van der Waals surface area contributed by atoms with Crippen molar-refractivity contribution in [2.24, 2.45) is 18.4 Å². The molecule has 1 heterocycles. The van der Waals surface area contributed by atoms with Gasteiger partial charge in [-0.2, -0.15) is 0 Å². The average molecular weight is 278 g/mol. The molecule has 0 aromatic carbocycles. The Morgan fingerprint density at radius 2 is 2.05 bits per heavy atom. The summed E-state index contributed by atoms with van der Waals surface area (Å²) in [5.41, 5.74) is 1.58. The highest BCUT2D eigenvalue weighted by atomic mass is 15.4. The highest BCUT2D eigenvalue weighted by Crippen LogP contribution is 2.46. The van der Waals surface area contributed by atoms with Crippen LogP contribution in [0.25, 0.3) is 0 Å². The van der Waals surface area contributed by atoms with E-state index in [1.54, 1.807) is 0 Å². The summed E-state index contributed by atoms with van der Waals surface area (Å²) in [4.78, 5) is 0. The van der Waals surface area contributed by atoms with Gasteiger partial charge in [-0.3, -0.25) is 4.68 Å². The SMILES string of the molecule is CCNC(Cc1cn(C)nn1)C1(CC(C)C)CCCC1. The quantitative estimate of drug-likeness (QED) is 0.834. The first-order chi connectivity index (χ1) is 9.55. The van der Waals surface area contributed by atoms with Crippen molar-refractivity contribution in [3.63, 3.8) is 0 Å². The van der Waals surface area contributed by atoms with Gasteiger partial charge in [-0.15, -0.1) is 5.10 Å². The van der Waals surface area contributed by atoms with E-state index < -0.39 is 0 Å². The molecule has 1 N–H and O–H groups in total. The summed E-state index contributed by atoms with van der Waals surface area (Å²) in [6, 6.07) is 0.536. The number of nitrogens with zero attached hydrogens (tertiary/aromatic N) is 3. The van der Waals surface area contributed by atoms with Gasteiger partial charge >= 0.3 is 0 Å². The maximum absolute atomic E-state index is 4.29. The molecular formula is C16H30N4. The van der Waals surface area contributed by atoms with Crippen molar-refractivity contribution in [3.8, 4) is 0 Å². The highest BCUT2D eigenvalue weighted by Gasteiger charge is 2.41. The molecule has 1 atom stereocenters. The van der Waals surface area contributed by atoms with Crippen molar-refractivity contribution in [1.82, 2.24) is 20.3 Å². The van der Waals surface area contributed by atoms with Gasteiger partial charge in [0.1, 0.15) is 0 Å². The number of aryl methyl sites for hydroxylation is 1. The Labute approximate surface area is 123 Å². The number of nitrogens with one attached hydrogen (secondary N) is 1. The van der Waals surface area contributed by atoms with Crippen LogP contribution in [0, 0.1) is 11.3 Å². The van der Waals surface area contributed by atoms with Gasteiger partial charge in [0.25, 0.3) is 0 Å². The molecule has 2 rings (SSSR count). The molecular weight excluding hydrogens is 248 g/mol. The number of rotatable bonds is 7. The second kappa shape index (κ2) is 6.70. The molecule has 0 aliphatic heterocycles. The number of hydrogen-bond acceptors (Lipinski definition) is 3. The standard InChI is InChI=1S/C16H30N4/c1-5-17-15(10-14-12-20(4)19-18-14)16(11-13(2)3)8-6-7-9-16/h12-13,15,17H,5-11H2,1-4H3. The summed E-state index contributed by atoms with van der Waals surface area (Å²) in [5, 5.41) is 12.1. The van der Waals surface area contributed by atoms with Gasteiger partial charge in [0.2, 0.25) is 0 Å². The molecule has 1 aromatic heterocycles. The van der Waals surface area contributed by atoms with E-state index in [9.17, 15) is 0 Å². The van der Waals surface area contributed by atoms with Gasteiger partial charge < -0.3 is 5.32 Å².